The summed E-state index contributed by atoms with van der Waals surface area (Å²) in [4.78, 5) is 11.3. The summed E-state index contributed by atoms with van der Waals surface area (Å²) in [5, 5.41) is 5.40. The first-order valence-electron chi connectivity index (χ1n) is 4.61. The van der Waals surface area contributed by atoms with E-state index < -0.39 is 0 Å². The molecule has 0 unspecified atom stereocenters. The number of benzene rings is 1. The summed E-state index contributed by atoms with van der Waals surface area (Å²) in [5.74, 6) is 0. The Morgan fingerprint density at radius 2 is 2.00 bits per heavy atom. The van der Waals surface area contributed by atoms with Crippen molar-refractivity contribution in [3.8, 4) is 0 Å². The zero-order valence-electron chi connectivity index (χ0n) is 8.01. The van der Waals surface area contributed by atoms with E-state index in [-0.39, 0.29) is 6.03 Å². The van der Waals surface area contributed by atoms with Crippen molar-refractivity contribution in [1.82, 2.24) is 9.43 Å². The lowest BCUT2D eigenvalue weighted by Crippen LogP contribution is -2.22. The molecule has 2 amide bonds. The van der Waals surface area contributed by atoms with E-state index in [0.717, 1.165) is 9.98 Å². The summed E-state index contributed by atoms with van der Waals surface area (Å²) in [5.41, 5.74) is 0.957. The number of amides is 2. The first-order chi connectivity index (χ1) is 7.27. The smallest absolute Gasteiger partial charge is 0.245 e. The fourth-order valence-corrected chi connectivity index (χ4v) is 1.44. The van der Waals surface area contributed by atoms with E-state index in [1.807, 2.05) is 30.3 Å². The van der Waals surface area contributed by atoms with Gasteiger partial charge in [-0.25, -0.2) is 14.2 Å². The molecule has 0 atom stereocenters. The average Bonchev–Trinajstić information content (AvgIpc) is 2.59. The normalized spacial score (nSPS) is 16.7. The van der Waals surface area contributed by atoms with Crippen LogP contribution in [0.15, 0.2) is 35.4 Å². The van der Waals surface area contributed by atoms with Crippen LogP contribution in [-0.4, -0.2) is 34.8 Å². The van der Waals surface area contributed by atoms with Crippen LogP contribution in [0.5, 0.6) is 0 Å². The molecule has 1 fully saturated rings. The topological polar surface area (TPSA) is 35.9 Å². The lowest BCUT2D eigenvalue weighted by atomic mass is 10.2. The first-order valence-corrected chi connectivity index (χ1v) is 4.95. The van der Waals surface area contributed by atoms with Crippen LogP contribution < -0.4 is 0 Å². The third-order valence-electron chi connectivity index (χ3n) is 2.08. The van der Waals surface area contributed by atoms with Crippen molar-refractivity contribution >= 4 is 24.0 Å². The van der Waals surface area contributed by atoms with Crippen LogP contribution in [0.2, 0.25) is 0 Å². The van der Waals surface area contributed by atoms with Gasteiger partial charge in [0.05, 0.1) is 19.3 Å². The summed E-state index contributed by atoms with van der Waals surface area (Å²) >= 11 is 5.61. The fraction of sp³-hybridized carbons (Fsp3) is 0.200. The van der Waals surface area contributed by atoms with Crippen LogP contribution >= 0.6 is 11.8 Å². The van der Waals surface area contributed by atoms with Crippen molar-refractivity contribution in [1.29, 1.82) is 0 Å². The minimum absolute atomic E-state index is 0.274. The maximum Gasteiger partial charge on any atom is 0.355 e. The number of hydrogen-bond acceptors (Lipinski definition) is 2. The molecular formula is C10H10ClN3O. The van der Waals surface area contributed by atoms with Crippen LogP contribution in [0.1, 0.15) is 5.56 Å². The van der Waals surface area contributed by atoms with E-state index in [1.54, 1.807) is 6.21 Å². The van der Waals surface area contributed by atoms with Crippen molar-refractivity contribution in [2.75, 3.05) is 13.1 Å². The van der Waals surface area contributed by atoms with Gasteiger partial charge in [-0.1, -0.05) is 30.3 Å². The van der Waals surface area contributed by atoms with Crippen LogP contribution in [0.4, 0.5) is 4.79 Å². The Kier molecular flexibility index (Phi) is 2.87. The first kappa shape index (κ1) is 9.98. The molecule has 1 heterocycles. The Hall–Kier alpha value is -1.55. The second kappa shape index (κ2) is 4.31. The molecule has 0 N–H and O–H groups in total. The van der Waals surface area contributed by atoms with Crippen molar-refractivity contribution in [2.45, 2.75) is 0 Å². The second-order valence-corrected chi connectivity index (χ2v) is 3.55. The minimum Gasteiger partial charge on any atom is -0.245 e. The molecule has 5 heteroatoms. The summed E-state index contributed by atoms with van der Waals surface area (Å²) in [6, 6.07) is 9.33. The molecule has 15 heavy (non-hydrogen) atoms. The van der Waals surface area contributed by atoms with E-state index in [4.69, 9.17) is 11.8 Å². The van der Waals surface area contributed by atoms with Crippen molar-refractivity contribution in [2.24, 2.45) is 5.10 Å². The molecule has 0 spiro atoms. The van der Waals surface area contributed by atoms with E-state index in [0.29, 0.717) is 13.1 Å². The number of rotatable bonds is 2. The van der Waals surface area contributed by atoms with Gasteiger partial charge in [-0.3, -0.25) is 0 Å². The molecular weight excluding hydrogens is 214 g/mol. The number of nitrogens with zero attached hydrogens (tertiary/aromatic N) is 3. The Labute approximate surface area is 92.8 Å². The Morgan fingerprint density at radius 1 is 1.27 bits per heavy atom. The number of hydrogen-bond donors (Lipinski definition) is 0. The van der Waals surface area contributed by atoms with Gasteiger partial charge in [0.15, 0.2) is 0 Å². The molecule has 0 aromatic heterocycles. The number of carbonyl (C=O) groups excluding carboxylic acids is 1. The predicted octanol–water partition coefficient (Wildman–Crippen LogP) is 1.91. The van der Waals surface area contributed by atoms with E-state index in [2.05, 4.69) is 5.10 Å². The van der Waals surface area contributed by atoms with Gasteiger partial charge in [0.1, 0.15) is 0 Å². The monoisotopic (exact) mass is 223 g/mol. The molecule has 1 aromatic rings. The van der Waals surface area contributed by atoms with Crippen molar-refractivity contribution in [3.05, 3.63) is 35.9 Å². The number of urea groups is 1. The van der Waals surface area contributed by atoms with Gasteiger partial charge in [0.2, 0.25) is 0 Å². The van der Waals surface area contributed by atoms with Gasteiger partial charge in [0, 0.05) is 11.8 Å². The number of halogens is 1. The molecule has 0 bridgehead atoms. The average molecular weight is 224 g/mol. The summed E-state index contributed by atoms with van der Waals surface area (Å²) in [6.07, 6.45) is 1.65. The van der Waals surface area contributed by atoms with Gasteiger partial charge >= 0.3 is 6.03 Å². The maximum absolute atomic E-state index is 11.3. The number of hydrazone groups is 1. The highest BCUT2D eigenvalue weighted by Crippen LogP contribution is 2.10. The minimum atomic E-state index is -0.274. The van der Waals surface area contributed by atoms with Gasteiger partial charge in [-0.15, -0.1) is 0 Å². The van der Waals surface area contributed by atoms with Crippen LogP contribution in [0, 0.1) is 0 Å². The van der Waals surface area contributed by atoms with Gasteiger partial charge in [-0.05, 0) is 5.56 Å². The second-order valence-electron chi connectivity index (χ2n) is 3.15. The Morgan fingerprint density at radius 3 is 2.60 bits per heavy atom. The zero-order chi connectivity index (χ0) is 10.7. The molecule has 4 nitrogen and oxygen atoms in total. The third-order valence-corrected chi connectivity index (χ3v) is 2.40. The van der Waals surface area contributed by atoms with Crippen LogP contribution in [0.3, 0.4) is 0 Å². The molecule has 1 aliphatic rings. The quantitative estimate of drug-likeness (QED) is 0.557. The highest BCUT2D eigenvalue weighted by atomic mass is 35.5. The summed E-state index contributed by atoms with van der Waals surface area (Å²) in [6.45, 7) is 1.04. The van der Waals surface area contributed by atoms with Gasteiger partial charge < -0.3 is 0 Å². The lowest BCUT2D eigenvalue weighted by Gasteiger charge is -2.06. The van der Waals surface area contributed by atoms with E-state index in [9.17, 15) is 4.79 Å². The highest BCUT2D eigenvalue weighted by Gasteiger charge is 2.26. The fourth-order valence-electron chi connectivity index (χ4n) is 1.28. The molecule has 78 valence electrons. The molecule has 1 aliphatic heterocycles. The Bertz CT molecular complexity index is 380. The van der Waals surface area contributed by atoms with Gasteiger partial charge in [-0.2, -0.15) is 5.10 Å². The molecule has 0 radical (unpaired) electrons. The highest BCUT2D eigenvalue weighted by molar-refractivity contribution is 6.21. The van der Waals surface area contributed by atoms with E-state index >= 15 is 0 Å². The van der Waals surface area contributed by atoms with Crippen LogP contribution in [0.25, 0.3) is 0 Å². The number of carbonyl (C=O) groups is 1. The SMILES string of the molecule is O=C1N(Cl)CCN1/N=C/c1ccccc1. The Balaban J connectivity index is 2.04. The summed E-state index contributed by atoms with van der Waals surface area (Å²) in [7, 11) is 0. The molecule has 1 aromatic carbocycles. The van der Waals surface area contributed by atoms with Crippen LogP contribution in [-0.2, 0) is 0 Å². The zero-order valence-corrected chi connectivity index (χ0v) is 8.76. The molecule has 1 saturated heterocycles. The molecule has 0 aliphatic carbocycles. The standard InChI is InChI=1S/C10H10ClN3O/c11-13-6-7-14(10(13)15)12-8-9-4-2-1-3-5-9/h1-5,8H,6-7H2/b12-8+. The summed E-state index contributed by atoms with van der Waals surface area (Å²) < 4.78 is 1.13. The van der Waals surface area contributed by atoms with Gasteiger partial charge in [0.25, 0.3) is 0 Å². The van der Waals surface area contributed by atoms with Crippen molar-refractivity contribution < 1.29 is 4.79 Å². The molecule has 0 saturated carbocycles. The molecule has 2 rings (SSSR count). The van der Waals surface area contributed by atoms with E-state index in [1.165, 1.54) is 5.01 Å². The third kappa shape index (κ3) is 2.27. The predicted molar refractivity (Wildman–Crippen MR) is 58.7 cm³/mol. The largest absolute Gasteiger partial charge is 0.355 e. The lowest BCUT2D eigenvalue weighted by molar-refractivity contribution is 0.209. The van der Waals surface area contributed by atoms with Crippen molar-refractivity contribution in [3.63, 3.8) is 0 Å². The maximum atomic E-state index is 11.3.